The second kappa shape index (κ2) is 7.32. The van der Waals surface area contributed by atoms with E-state index in [1.165, 1.54) is 0 Å². The van der Waals surface area contributed by atoms with Gasteiger partial charge in [-0.2, -0.15) is 0 Å². The predicted molar refractivity (Wildman–Crippen MR) is 91.0 cm³/mol. The third kappa shape index (κ3) is 5.78. The largest absolute Gasteiger partial charge is 0.444 e. The Hall–Kier alpha value is -2.28. The summed E-state index contributed by atoms with van der Waals surface area (Å²) >= 11 is 0. The standard InChI is InChI=1S/C19H24N2O2/c1-15-8-5-11-17(20-15)12-6-9-16-10-7-13-21(14-16)18(22)23-19(2,3)4/h5,8-9,11H,7,10,13-14H2,1-4H3. The zero-order valence-corrected chi connectivity index (χ0v) is 14.3. The Labute approximate surface area is 138 Å². The number of rotatable bonds is 0. The third-order valence-corrected chi connectivity index (χ3v) is 3.34. The average Bonchev–Trinajstić information content (AvgIpc) is 2.46. The molecule has 1 aliphatic rings. The van der Waals surface area contributed by atoms with E-state index in [0.717, 1.165) is 36.3 Å². The fraction of sp³-hybridized carbons (Fsp3) is 0.474. The first-order valence-corrected chi connectivity index (χ1v) is 7.94. The number of pyridine rings is 1. The average molecular weight is 312 g/mol. The lowest BCUT2D eigenvalue weighted by Crippen LogP contribution is -2.40. The molecule has 0 saturated carbocycles. The van der Waals surface area contributed by atoms with Crippen LogP contribution in [0.25, 0.3) is 0 Å². The van der Waals surface area contributed by atoms with Crippen LogP contribution in [0.4, 0.5) is 4.79 Å². The summed E-state index contributed by atoms with van der Waals surface area (Å²) < 4.78 is 5.43. The summed E-state index contributed by atoms with van der Waals surface area (Å²) in [6, 6.07) is 5.79. The number of aryl methyl sites for hydroxylation is 1. The molecule has 1 saturated heterocycles. The molecule has 0 aliphatic carbocycles. The second-order valence-corrected chi connectivity index (χ2v) is 6.74. The molecule has 0 bridgehead atoms. The minimum absolute atomic E-state index is 0.253. The maximum atomic E-state index is 12.1. The first-order chi connectivity index (χ1) is 10.8. The number of piperidine rings is 1. The van der Waals surface area contributed by atoms with Crippen molar-refractivity contribution in [2.75, 3.05) is 13.1 Å². The Bertz CT molecular complexity index is 660. The van der Waals surface area contributed by atoms with Crippen LogP contribution in [0.5, 0.6) is 0 Å². The zero-order chi connectivity index (χ0) is 16.9. The molecule has 1 amide bonds. The number of hydrogen-bond acceptors (Lipinski definition) is 3. The Balaban J connectivity index is 2.00. The van der Waals surface area contributed by atoms with Crippen molar-refractivity contribution in [1.82, 2.24) is 9.88 Å². The van der Waals surface area contributed by atoms with Gasteiger partial charge in [0.1, 0.15) is 11.3 Å². The van der Waals surface area contributed by atoms with Crippen LogP contribution < -0.4 is 0 Å². The Morgan fingerprint density at radius 2 is 2.17 bits per heavy atom. The van der Waals surface area contributed by atoms with Crippen LogP contribution in [0, 0.1) is 18.8 Å². The maximum Gasteiger partial charge on any atom is 0.410 e. The van der Waals surface area contributed by atoms with Gasteiger partial charge in [0.05, 0.1) is 0 Å². The van der Waals surface area contributed by atoms with E-state index in [2.05, 4.69) is 16.8 Å². The maximum absolute atomic E-state index is 12.1. The molecule has 0 N–H and O–H groups in total. The summed E-state index contributed by atoms with van der Waals surface area (Å²) in [5.74, 6) is 6.10. The lowest BCUT2D eigenvalue weighted by molar-refractivity contribution is 0.0247. The predicted octanol–water partition coefficient (Wildman–Crippen LogP) is 3.70. The third-order valence-electron chi connectivity index (χ3n) is 3.34. The first-order valence-electron chi connectivity index (χ1n) is 7.94. The molecule has 0 spiro atoms. The number of carbonyl (C=O) groups excluding carboxylic acids is 1. The number of amides is 1. The minimum Gasteiger partial charge on any atom is -0.444 e. The van der Waals surface area contributed by atoms with Crippen molar-refractivity contribution in [2.24, 2.45) is 0 Å². The van der Waals surface area contributed by atoms with Gasteiger partial charge < -0.3 is 9.64 Å². The lowest BCUT2D eigenvalue weighted by atomic mass is 10.0. The van der Waals surface area contributed by atoms with Crippen molar-refractivity contribution < 1.29 is 9.53 Å². The van der Waals surface area contributed by atoms with Crippen LogP contribution in [0.15, 0.2) is 29.8 Å². The van der Waals surface area contributed by atoms with Crippen LogP contribution in [-0.2, 0) is 4.74 Å². The fourth-order valence-corrected chi connectivity index (χ4v) is 2.33. The zero-order valence-electron chi connectivity index (χ0n) is 14.3. The summed E-state index contributed by atoms with van der Waals surface area (Å²) in [5.41, 5.74) is 2.41. The number of likely N-dealkylation sites (tertiary alicyclic amines) is 1. The lowest BCUT2D eigenvalue weighted by Gasteiger charge is -2.31. The van der Waals surface area contributed by atoms with Crippen molar-refractivity contribution >= 4 is 6.09 Å². The molecule has 1 aliphatic heterocycles. The van der Waals surface area contributed by atoms with Gasteiger partial charge in [0.15, 0.2) is 0 Å². The quantitative estimate of drug-likeness (QED) is 0.686. The second-order valence-electron chi connectivity index (χ2n) is 6.74. The van der Waals surface area contributed by atoms with E-state index in [0.29, 0.717) is 6.54 Å². The van der Waals surface area contributed by atoms with Crippen LogP contribution in [-0.4, -0.2) is 34.7 Å². The van der Waals surface area contributed by atoms with Crippen molar-refractivity contribution in [3.63, 3.8) is 0 Å². The molecule has 2 heterocycles. The number of ether oxygens (including phenoxy) is 1. The van der Waals surface area contributed by atoms with E-state index in [9.17, 15) is 4.79 Å². The number of hydrogen-bond donors (Lipinski definition) is 0. The Kier molecular flexibility index (Phi) is 5.44. The number of aromatic nitrogens is 1. The fourth-order valence-electron chi connectivity index (χ4n) is 2.33. The molecule has 2 rings (SSSR count). The smallest absolute Gasteiger partial charge is 0.410 e. The molecule has 1 aromatic heterocycles. The Morgan fingerprint density at radius 1 is 1.39 bits per heavy atom. The number of nitrogens with zero attached hydrogens (tertiary/aromatic N) is 2. The van der Waals surface area contributed by atoms with Gasteiger partial charge in [0, 0.05) is 18.8 Å². The molecule has 0 aromatic carbocycles. The van der Waals surface area contributed by atoms with Gasteiger partial charge >= 0.3 is 6.09 Å². The highest BCUT2D eigenvalue weighted by molar-refractivity contribution is 5.68. The van der Waals surface area contributed by atoms with Crippen molar-refractivity contribution in [3.8, 4) is 11.8 Å². The molecule has 1 aromatic rings. The molecule has 0 unspecified atom stereocenters. The van der Waals surface area contributed by atoms with Crippen LogP contribution >= 0.6 is 0 Å². The van der Waals surface area contributed by atoms with E-state index in [4.69, 9.17) is 4.74 Å². The minimum atomic E-state index is -0.463. The van der Waals surface area contributed by atoms with Gasteiger partial charge in [0.2, 0.25) is 0 Å². The summed E-state index contributed by atoms with van der Waals surface area (Å²) in [7, 11) is 0. The Morgan fingerprint density at radius 3 is 2.87 bits per heavy atom. The van der Waals surface area contributed by atoms with Gasteiger partial charge in [0.25, 0.3) is 0 Å². The highest BCUT2D eigenvalue weighted by Crippen LogP contribution is 2.18. The molecule has 4 nitrogen and oxygen atoms in total. The van der Waals surface area contributed by atoms with Gasteiger partial charge in [-0.05, 0) is 70.2 Å². The number of carbonyl (C=O) groups is 1. The van der Waals surface area contributed by atoms with Gasteiger partial charge in [-0.15, -0.1) is 0 Å². The first kappa shape index (κ1) is 17.1. The monoisotopic (exact) mass is 312 g/mol. The topological polar surface area (TPSA) is 42.4 Å². The molecule has 23 heavy (non-hydrogen) atoms. The summed E-state index contributed by atoms with van der Waals surface area (Å²) in [5, 5.41) is 0. The van der Waals surface area contributed by atoms with Gasteiger partial charge in [-0.3, -0.25) is 0 Å². The van der Waals surface area contributed by atoms with Crippen LogP contribution in [0.3, 0.4) is 0 Å². The molecule has 4 heteroatoms. The summed E-state index contributed by atoms with van der Waals surface area (Å²) in [4.78, 5) is 18.2. The molecule has 0 atom stereocenters. The normalized spacial score (nSPS) is 16.7. The number of allylic oxidation sites excluding steroid dienone is 1. The van der Waals surface area contributed by atoms with E-state index in [1.54, 1.807) is 4.90 Å². The summed E-state index contributed by atoms with van der Waals surface area (Å²) in [6.07, 6.45) is 3.56. The van der Waals surface area contributed by atoms with Crippen molar-refractivity contribution in [2.45, 2.75) is 46.1 Å². The summed E-state index contributed by atoms with van der Waals surface area (Å²) in [6.45, 7) is 8.91. The molecule has 0 radical (unpaired) electrons. The van der Waals surface area contributed by atoms with Crippen molar-refractivity contribution in [3.05, 3.63) is 41.2 Å². The van der Waals surface area contributed by atoms with Crippen LogP contribution in [0.2, 0.25) is 0 Å². The van der Waals surface area contributed by atoms with Gasteiger partial charge in [-0.25, -0.2) is 9.78 Å². The molecule has 1 fully saturated rings. The van der Waals surface area contributed by atoms with Gasteiger partial charge in [-0.1, -0.05) is 12.0 Å². The van der Waals surface area contributed by atoms with Crippen molar-refractivity contribution in [1.29, 1.82) is 0 Å². The van der Waals surface area contributed by atoms with E-state index in [-0.39, 0.29) is 6.09 Å². The van der Waals surface area contributed by atoms with Crippen LogP contribution in [0.1, 0.15) is 45.0 Å². The van der Waals surface area contributed by atoms with E-state index >= 15 is 0 Å². The molecular formula is C19H24N2O2. The van der Waals surface area contributed by atoms with E-state index in [1.807, 2.05) is 52.0 Å². The molecular weight excluding hydrogens is 288 g/mol. The highest BCUT2D eigenvalue weighted by atomic mass is 16.6. The highest BCUT2D eigenvalue weighted by Gasteiger charge is 2.24. The molecule has 122 valence electrons. The van der Waals surface area contributed by atoms with E-state index < -0.39 is 5.60 Å². The SMILES string of the molecule is Cc1cccc(C#CC=C2CCCN(C(=O)OC(C)(C)C)C2)n1.